The molecule has 1 aromatic heterocycles. The summed E-state index contributed by atoms with van der Waals surface area (Å²) in [7, 11) is 0. The second-order valence-corrected chi connectivity index (χ2v) is 3.91. The lowest BCUT2D eigenvalue weighted by molar-refractivity contribution is 0.866. The minimum atomic E-state index is 0.559. The number of aromatic nitrogens is 3. The van der Waals surface area contributed by atoms with Gasteiger partial charge in [0.05, 0.1) is 6.21 Å². The van der Waals surface area contributed by atoms with Gasteiger partial charge in [0.1, 0.15) is 12.7 Å². The Bertz CT molecular complexity index is 454. The second-order valence-electron chi connectivity index (χ2n) is 3.91. The van der Waals surface area contributed by atoms with Crippen molar-refractivity contribution >= 4 is 6.21 Å². The Morgan fingerprint density at radius 1 is 1.12 bits per heavy atom. The zero-order valence-corrected chi connectivity index (χ0v) is 9.41. The third-order valence-electron chi connectivity index (χ3n) is 2.35. The predicted molar refractivity (Wildman–Crippen MR) is 63.5 cm³/mol. The fourth-order valence-corrected chi connectivity index (χ4v) is 1.36. The second kappa shape index (κ2) is 4.70. The van der Waals surface area contributed by atoms with Crippen LogP contribution in [0, 0.1) is 0 Å². The maximum Gasteiger partial charge on any atom is 0.141 e. The molecule has 0 atom stereocenters. The SMILES string of the molecule is CC(C)c1ccc(C=Nn2cnnc2)cc1. The van der Waals surface area contributed by atoms with Crippen molar-refractivity contribution in [2.75, 3.05) is 0 Å². The molecule has 1 aromatic carbocycles. The quantitative estimate of drug-likeness (QED) is 0.736. The predicted octanol–water partition coefficient (Wildman–Crippen LogP) is 2.28. The van der Waals surface area contributed by atoms with E-state index in [1.54, 1.807) is 23.5 Å². The molecule has 0 unspecified atom stereocenters. The molecule has 2 aromatic rings. The third-order valence-corrected chi connectivity index (χ3v) is 2.35. The van der Waals surface area contributed by atoms with Crippen LogP contribution in [0.15, 0.2) is 42.0 Å². The van der Waals surface area contributed by atoms with E-state index in [0.29, 0.717) is 5.92 Å². The summed E-state index contributed by atoms with van der Waals surface area (Å²) in [5, 5.41) is 11.5. The first-order valence-electron chi connectivity index (χ1n) is 5.24. The number of benzene rings is 1. The summed E-state index contributed by atoms with van der Waals surface area (Å²) in [5.41, 5.74) is 2.40. The van der Waals surface area contributed by atoms with E-state index in [4.69, 9.17) is 0 Å². The molecular weight excluding hydrogens is 200 g/mol. The summed E-state index contributed by atoms with van der Waals surface area (Å²) in [6.07, 6.45) is 4.89. The molecule has 0 fully saturated rings. The van der Waals surface area contributed by atoms with E-state index in [9.17, 15) is 0 Å². The van der Waals surface area contributed by atoms with Crippen molar-refractivity contribution in [1.29, 1.82) is 0 Å². The summed E-state index contributed by atoms with van der Waals surface area (Å²) in [6, 6.07) is 8.36. The van der Waals surface area contributed by atoms with E-state index in [2.05, 4.69) is 53.4 Å². The van der Waals surface area contributed by atoms with E-state index in [-0.39, 0.29) is 0 Å². The van der Waals surface area contributed by atoms with Gasteiger partial charge in [-0.3, -0.25) is 0 Å². The topological polar surface area (TPSA) is 43.1 Å². The Kier molecular flexibility index (Phi) is 3.10. The van der Waals surface area contributed by atoms with Crippen LogP contribution >= 0.6 is 0 Å². The van der Waals surface area contributed by atoms with Gasteiger partial charge >= 0.3 is 0 Å². The molecule has 1 heterocycles. The Labute approximate surface area is 94.6 Å². The molecular formula is C12H14N4. The molecule has 0 aliphatic heterocycles. The van der Waals surface area contributed by atoms with Crippen molar-refractivity contribution in [3.63, 3.8) is 0 Å². The molecule has 16 heavy (non-hydrogen) atoms. The molecule has 2 rings (SSSR count). The Morgan fingerprint density at radius 3 is 2.31 bits per heavy atom. The van der Waals surface area contributed by atoms with Crippen LogP contribution in [0.5, 0.6) is 0 Å². The third kappa shape index (κ3) is 2.53. The van der Waals surface area contributed by atoms with Crippen molar-refractivity contribution in [3.8, 4) is 0 Å². The van der Waals surface area contributed by atoms with Crippen molar-refractivity contribution in [2.24, 2.45) is 5.10 Å². The summed E-state index contributed by atoms with van der Waals surface area (Å²) in [5.74, 6) is 0.559. The van der Waals surface area contributed by atoms with Gasteiger partial charge in [0.15, 0.2) is 0 Å². The lowest BCUT2D eigenvalue weighted by atomic mass is 10.0. The summed E-state index contributed by atoms with van der Waals surface area (Å²) in [6.45, 7) is 4.36. The van der Waals surface area contributed by atoms with Crippen molar-refractivity contribution in [2.45, 2.75) is 19.8 Å². The van der Waals surface area contributed by atoms with Crippen molar-refractivity contribution < 1.29 is 0 Å². The van der Waals surface area contributed by atoms with Crippen molar-refractivity contribution in [3.05, 3.63) is 48.0 Å². The fraction of sp³-hybridized carbons (Fsp3) is 0.250. The van der Waals surface area contributed by atoms with E-state index < -0.39 is 0 Å². The van der Waals surface area contributed by atoms with E-state index in [0.717, 1.165) is 5.56 Å². The van der Waals surface area contributed by atoms with Crippen molar-refractivity contribution in [1.82, 2.24) is 14.9 Å². The molecule has 0 saturated heterocycles. The number of rotatable bonds is 3. The minimum absolute atomic E-state index is 0.559. The van der Waals surface area contributed by atoms with Crippen LogP contribution in [-0.4, -0.2) is 21.1 Å². The standard InChI is InChI=1S/C12H14N4/c1-10(2)12-5-3-11(4-6-12)7-15-16-8-13-14-9-16/h3-10H,1-2H3. The van der Waals surface area contributed by atoms with Crippen LogP contribution in [0.1, 0.15) is 30.9 Å². The number of hydrogen-bond acceptors (Lipinski definition) is 3. The maximum atomic E-state index is 4.18. The highest BCUT2D eigenvalue weighted by atomic mass is 15.4. The van der Waals surface area contributed by atoms with Crippen LogP contribution in [0.2, 0.25) is 0 Å². The fourth-order valence-electron chi connectivity index (χ4n) is 1.36. The van der Waals surface area contributed by atoms with Gasteiger partial charge in [-0.25, -0.2) is 4.68 Å². The van der Waals surface area contributed by atoms with Gasteiger partial charge in [0, 0.05) is 0 Å². The van der Waals surface area contributed by atoms with Gasteiger partial charge in [-0.05, 0) is 17.0 Å². The highest BCUT2D eigenvalue weighted by molar-refractivity contribution is 5.79. The Morgan fingerprint density at radius 2 is 1.75 bits per heavy atom. The number of nitrogens with zero attached hydrogens (tertiary/aromatic N) is 4. The summed E-state index contributed by atoms with van der Waals surface area (Å²) < 4.78 is 1.57. The molecule has 0 amide bonds. The maximum absolute atomic E-state index is 4.18. The molecule has 0 aliphatic carbocycles. The van der Waals surface area contributed by atoms with Gasteiger partial charge < -0.3 is 0 Å². The molecule has 0 bridgehead atoms. The molecule has 0 saturated carbocycles. The molecule has 0 N–H and O–H groups in total. The first-order valence-corrected chi connectivity index (χ1v) is 5.24. The molecule has 4 heteroatoms. The average Bonchev–Trinajstić information content (AvgIpc) is 2.80. The largest absolute Gasteiger partial charge is 0.208 e. The average molecular weight is 214 g/mol. The van der Waals surface area contributed by atoms with E-state index in [1.807, 2.05) is 0 Å². The van der Waals surface area contributed by atoms with Gasteiger partial charge in [0.25, 0.3) is 0 Å². The first-order chi connectivity index (χ1) is 7.75. The van der Waals surface area contributed by atoms with E-state index in [1.165, 1.54) is 5.56 Å². The monoisotopic (exact) mass is 214 g/mol. The lowest BCUT2D eigenvalue weighted by Gasteiger charge is -2.04. The molecule has 82 valence electrons. The first kappa shape index (κ1) is 10.5. The van der Waals surface area contributed by atoms with Gasteiger partial charge in [-0.15, -0.1) is 10.2 Å². The van der Waals surface area contributed by atoms with Crippen LogP contribution < -0.4 is 0 Å². The van der Waals surface area contributed by atoms with Crippen LogP contribution in [0.4, 0.5) is 0 Å². The summed E-state index contributed by atoms with van der Waals surface area (Å²) in [4.78, 5) is 0. The van der Waals surface area contributed by atoms with Gasteiger partial charge in [0.2, 0.25) is 0 Å². The zero-order valence-electron chi connectivity index (χ0n) is 9.41. The molecule has 4 nitrogen and oxygen atoms in total. The van der Waals surface area contributed by atoms with Gasteiger partial charge in [-0.1, -0.05) is 38.1 Å². The smallest absolute Gasteiger partial charge is 0.141 e. The van der Waals surface area contributed by atoms with Crippen LogP contribution in [0.3, 0.4) is 0 Å². The highest BCUT2D eigenvalue weighted by Crippen LogP contribution is 2.13. The molecule has 0 radical (unpaired) electrons. The summed E-state index contributed by atoms with van der Waals surface area (Å²) >= 11 is 0. The minimum Gasteiger partial charge on any atom is -0.208 e. The highest BCUT2D eigenvalue weighted by Gasteiger charge is 1.97. The van der Waals surface area contributed by atoms with Crippen LogP contribution in [0.25, 0.3) is 0 Å². The van der Waals surface area contributed by atoms with Crippen LogP contribution in [-0.2, 0) is 0 Å². The Balaban J connectivity index is 2.11. The van der Waals surface area contributed by atoms with Gasteiger partial charge in [-0.2, -0.15) is 5.10 Å². The zero-order chi connectivity index (χ0) is 11.4. The Hall–Kier alpha value is -1.97. The normalized spacial score (nSPS) is 11.4. The molecule has 0 spiro atoms. The van der Waals surface area contributed by atoms with E-state index >= 15 is 0 Å². The molecule has 0 aliphatic rings. The number of hydrogen-bond donors (Lipinski definition) is 0. The lowest BCUT2D eigenvalue weighted by Crippen LogP contribution is -1.90.